The number of ether oxygens (including phenoxy) is 3. The van der Waals surface area contributed by atoms with Crippen molar-refractivity contribution in [3.05, 3.63) is 53.1 Å². The zero-order valence-corrected chi connectivity index (χ0v) is 13.9. The maximum absolute atomic E-state index is 5.55. The van der Waals surface area contributed by atoms with E-state index in [9.17, 15) is 0 Å². The summed E-state index contributed by atoms with van der Waals surface area (Å²) in [6.45, 7) is 3.77. The highest BCUT2D eigenvalue weighted by atomic mass is 16.5. The van der Waals surface area contributed by atoms with Crippen molar-refractivity contribution in [3.8, 4) is 17.2 Å². The molecular weight excluding hydrogens is 290 g/mol. The van der Waals surface area contributed by atoms with Gasteiger partial charge in [-0.1, -0.05) is 18.2 Å². The molecule has 0 saturated carbocycles. The first-order chi connectivity index (χ1) is 11.2. The second-order valence-electron chi connectivity index (χ2n) is 5.76. The summed E-state index contributed by atoms with van der Waals surface area (Å²) in [6, 6.07) is 12.7. The van der Waals surface area contributed by atoms with E-state index in [-0.39, 0.29) is 6.04 Å². The molecule has 1 heterocycles. The van der Waals surface area contributed by atoms with E-state index < -0.39 is 0 Å². The lowest BCUT2D eigenvalue weighted by atomic mass is 10.1. The first kappa shape index (κ1) is 15.7. The largest absolute Gasteiger partial charge is 0.493 e. The predicted octanol–water partition coefficient (Wildman–Crippen LogP) is 3.49. The van der Waals surface area contributed by atoms with Gasteiger partial charge in [-0.2, -0.15) is 0 Å². The summed E-state index contributed by atoms with van der Waals surface area (Å²) in [7, 11) is 3.31. The van der Waals surface area contributed by atoms with Crippen LogP contribution in [0.5, 0.6) is 17.2 Å². The van der Waals surface area contributed by atoms with Gasteiger partial charge in [0, 0.05) is 19.0 Å². The van der Waals surface area contributed by atoms with Crippen molar-refractivity contribution in [2.45, 2.75) is 25.9 Å². The molecule has 0 aliphatic carbocycles. The van der Waals surface area contributed by atoms with E-state index in [1.807, 2.05) is 12.1 Å². The fourth-order valence-corrected chi connectivity index (χ4v) is 2.86. The molecule has 0 saturated heterocycles. The SMILES string of the molecule is COc1ccc([C@@H](C)NCc2ccc3c(c2)CCO3)cc1OC. The molecule has 0 bridgehead atoms. The first-order valence-corrected chi connectivity index (χ1v) is 7.91. The zero-order valence-electron chi connectivity index (χ0n) is 13.9. The van der Waals surface area contributed by atoms with Gasteiger partial charge in [0.05, 0.1) is 20.8 Å². The molecule has 0 unspecified atom stereocenters. The summed E-state index contributed by atoms with van der Waals surface area (Å²) in [4.78, 5) is 0. The van der Waals surface area contributed by atoms with Crippen molar-refractivity contribution < 1.29 is 14.2 Å². The van der Waals surface area contributed by atoms with E-state index in [4.69, 9.17) is 14.2 Å². The highest BCUT2D eigenvalue weighted by molar-refractivity contribution is 5.44. The molecule has 1 N–H and O–H groups in total. The van der Waals surface area contributed by atoms with Gasteiger partial charge in [0.2, 0.25) is 0 Å². The normalized spacial score (nSPS) is 14.0. The van der Waals surface area contributed by atoms with Crippen molar-refractivity contribution in [3.63, 3.8) is 0 Å². The summed E-state index contributed by atoms with van der Waals surface area (Å²) in [6.07, 6.45) is 1.01. The zero-order chi connectivity index (χ0) is 16.2. The van der Waals surface area contributed by atoms with Crippen molar-refractivity contribution in [2.75, 3.05) is 20.8 Å². The van der Waals surface area contributed by atoms with Gasteiger partial charge in [-0.05, 0) is 41.8 Å². The molecule has 4 nitrogen and oxygen atoms in total. The van der Waals surface area contributed by atoms with E-state index in [1.165, 1.54) is 16.7 Å². The first-order valence-electron chi connectivity index (χ1n) is 7.91. The third kappa shape index (κ3) is 3.42. The topological polar surface area (TPSA) is 39.7 Å². The molecule has 2 aromatic rings. The van der Waals surface area contributed by atoms with Crippen molar-refractivity contribution >= 4 is 0 Å². The Morgan fingerprint density at radius 1 is 1.09 bits per heavy atom. The standard InChI is InChI=1S/C19H23NO3/c1-13(15-5-7-18(21-2)19(11-15)22-3)20-12-14-4-6-17-16(10-14)8-9-23-17/h4-7,10-11,13,20H,8-9,12H2,1-3H3/t13-/m1/s1. The van der Waals surface area contributed by atoms with Crippen LogP contribution in [-0.4, -0.2) is 20.8 Å². The molecule has 0 fully saturated rings. The number of fused-ring (bicyclic) bond motifs is 1. The second kappa shape index (κ2) is 6.92. The summed E-state index contributed by atoms with van der Waals surface area (Å²) in [5, 5.41) is 3.56. The second-order valence-corrected chi connectivity index (χ2v) is 5.76. The van der Waals surface area contributed by atoms with Gasteiger partial charge in [-0.25, -0.2) is 0 Å². The molecule has 122 valence electrons. The molecule has 1 atom stereocenters. The van der Waals surface area contributed by atoms with Crippen LogP contribution in [0.25, 0.3) is 0 Å². The van der Waals surface area contributed by atoms with Gasteiger partial charge < -0.3 is 19.5 Å². The Balaban J connectivity index is 1.66. The lowest BCUT2D eigenvalue weighted by molar-refractivity contribution is 0.354. The van der Waals surface area contributed by atoms with E-state index in [1.54, 1.807) is 14.2 Å². The third-order valence-electron chi connectivity index (χ3n) is 4.27. The van der Waals surface area contributed by atoms with E-state index in [2.05, 4.69) is 36.5 Å². The maximum Gasteiger partial charge on any atom is 0.161 e. The Morgan fingerprint density at radius 3 is 2.70 bits per heavy atom. The van der Waals surface area contributed by atoms with Crippen LogP contribution in [0.4, 0.5) is 0 Å². The van der Waals surface area contributed by atoms with Crippen molar-refractivity contribution in [2.24, 2.45) is 0 Å². The Labute approximate surface area is 137 Å². The van der Waals surface area contributed by atoms with Crippen LogP contribution in [0.1, 0.15) is 29.7 Å². The average Bonchev–Trinajstić information content (AvgIpc) is 3.06. The highest BCUT2D eigenvalue weighted by Crippen LogP contribution is 2.30. The maximum atomic E-state index is 5.55. The van der Waals surface area contributed by atoms with Gasteiger partial charge in [-0.3, -0.25) is 0 Å². The Bertz CT molecular complexity index is 684. The van der Waals surface area contributed by atoms with Crippen LogP contribution in [0.15, 0.2) is 36.4 Å². The summed E-state index contributed by atoms with van der Waals surface area (Å²) < 4.78 is 16.2. The summed E-state index contributed by atoms with van der Waals surface area (Å²) >= 11 is 0. The monoisotopic (exact) mass is 313 g/mol. The molecule has 0 aromatic heterocycles. The average molecular weight is 313 g/mol. The van der Waals surface area contributed by atoms with Gasteiger partial charge >= 0.3 is 0 Å². The molecule has 0 radical (unpaired) electrons. The third-order valence-corrected chi connectivity index (χ3v) is 4.27. The van der Waals surface area contributed by atoms with Crippen molar-refractivity contribution in [1.82, 2.24) is 5.32 Å². The lowest BCUT2D eigenvalue weighted by Gasteiger charge is -2.17. The molecule has 2 aromatic carbocycles. The summed E-state index contributed by atoms with van der Waals surface area (Å²) in [5.41, 5.74) is 3.76. The fraction of sp³-hybridized carbons (Fsp3) is 0.368. The van der Waals surface area contributed by atoms with Gasteiger partial charge in [0.1, 0.15) is 5.75 Å². The van der Waals surface area contributed by atoms with E-state index in [0.717, 1.165) is 36.8 Å². The summed E-state index contributed by atoms with van der Waals surface area (Å²) in [5.74, 6) is 2.54. The number of benzene rings is 2. The van der Waals surface area contributed by atoms with Gasteiger partial charge in [0.25, 0.3) is 0 Å². The van der Waals surface area contributed by atoms with E-state index in [0.29, 0.717) is 0 Å². The molecule has 0 amide bonds. The fourth-order valence-electron chi connectivity index (χ4n) is 2.86. The minimum absolute atomic E-state index is 0.222. The molecule has 1 aliphatic heterocycles. The molecule has 1 aliphatic rings. The van der Waals surface area contributed by atoms with E-state index >= 15 is 0 Å². The van der Waals surface area contributed by atoms with Crippen LogP contribution in [0, 0.1) is 0 Å². The number of hydrogen-bond acceptors (Lipinski definition) is 4. The molecule has 3 rings (SSSR count). The Morgan fingerprint density at radius 2 is 1.91 bits per heavy atom. The highest BCUT2D eigenvalue weighted by Gasteiger charge is 2.13. The number of hydrogen-bond donors (Lipinski definition) is 1. The number of rotatable bonds is 6. The Hall–Kier alpha value is -2.20. The quantitative estimate of drug-likeness (QED) is 0.886. The number of methoxy groups -OCH3 is 2. The minimum atomic E-state index is 0.222. The van der Waals surface area contributed by atoms with Crippen molar-refractivity contribution in [1.29, 1.82) is 0 Å². The Kier molecular flexibility index (Phi) is 4.72. The minimum Gasteiger partial charge on any atom is -0.493 e. The molecular formula is C19H23NO3. The molecule has 4 heteroatoms. The number of nitrogens with one attached hydrogen (secondary N) is 1. The molecule has 0 spiro atoms. The van der Waals surface area contributed by atoms with Crippen LogP contribution in [0.3, 0.4) is 0 Å². The molecule has 23 heavy (non-hydrogen) atoms. The van der Waals surface area contributed by atoms with Gasteiger partial charge in [-0.15, -0.1) is 0 Å². The van der Waals surface area contributed by atoms with Crippen LogP contribution >= 0.6 is 0 Å². The van der Waals surface area contributed by atoms with Crippen LogP contribution in [-0.2, 0) is 13.0 Å². The lowest BCUT2D eigenvalue weighted by Crippen LogP contribution is -2.18. The smallest absolute Gasteiger partial charge is 0.161 e. The van der Waals surface area contributed by atoms with Crippen LogP contribution < -0.4 is 19.5 Å². The van der Waals surface area contributed by atoms with Crippen LogP contribution in [0.2, 0.25) is 0 Å². The van der Waals surface area contributed by atoms with Gasteiger partial charge in [0.15, 0.2) is 11.5 Å². The predicted molar refractivity (Wildman–Crippen MR) is 90.4 cm³/mol.